The predicted molar refractivity (Wildman–Crippen MR) is 87.8 cm³/mol. The highest BCUT2D eigenvalue weighted by molar-refractivity contribution is 7.88. The number of benzene rings is 1. The van der Waals surface area contributed by atoms with Crippen molar-refractivity contribution in [1.82, 2.24) is 9.62 Å². The first kappa shape index (κ1) is 17.2. The number of likely N-dealkylation sites (tertiary alicyclic amines) is 1. The molecule has 0 radical (unpaired) electrons. The van der Waals surface area contributed by atoms with Crippen molar-refractivity contribution in [3.8, 4) is 6.07 Å². The molecule has 1 amide bonds. The van der Waals surface area contributed by atoms with E-state index in [1.807, 2.05) is 6.07 Å². The van der Waals surface area contributed by atoms with Gasteiger partial charge in [0.1, 0.15) is 0 Å². The Labute approximate surface area is 136 Å². The zero-order chi connectivity index (χ0) is 16.9. The van der Waals surface area contributed by atoms with E-state index in [2.05, 4.69) is 10.8 Å². The summed E-state index contributed by atoms with van der Waals surface area (Å²) in [5, 5.41) is 8.86. The van der Waals surface area contributed by atoms with Gasteiger partial charge in [0.15, 0.2) is 0 Å². The minimum atomic E-state index is -3.27. The number of nitriles is 1. The second-order valence-corrected chi connectivity index (χ2v) is 7.36. The van der Waals surface area contributed by atoms with Crippen molar-refractivity contribution in [3.63, 3.8) is 0 Å². The molecule has 0 spiro atoms. The largest absolute Gasteiger partial charge is 0.338 e. The number of piperidine rings is 1. The van der Waals surface area contributed by atoms with Crippen LogP contribution in [0.2, 0.25) is 0 Å². The molecule has 7 heteroatoms. The molecule has 1 saturated heterocycles. The molecule has 23 heavy (non-hydrogen) atoms. The van der Waals surface area contributed by atoms with E-state index in [1.54, 1.807) is 29.2 Å². The molecular weight excluding hydrogens is 314 g/mol. The van der Waals surface area contributed by atoms with Crippen LogP contribution in [0.4, 0.5) is 0 Å². The smallest absolute Gasteiger partial charge is 0.246 e. The van der Waals surface area contributed by atoms with E-state index < -0.39 is 10.0 Å². The van der Waals surface area contributed by atoms with Crippen LogP contribution in [0.1, 0.15) is 24.0 Å². The highest BCUT2D eigenvalue weighted by Crippen LogP contribution is 2.12. The standard InChI is InChI=1S/C16H19N3O3S/c1-23(21,22)18-15-6-3-9-19(12-15)16(20)8-7-13-4-2-5-14(10-13)11-17/h2,4-5,7-8,10,15,18H,3,6,9,12H2,1H3/b8-7-/t15-/m0/s1. The summed E-state index contributed by atoms with van der Waals surface area (Å²) >= 11 is 0. The summed E-state index contributed by atoms with van der Waals surface area (Å²) in [6, 6.07) is 8.79. The minimum Gasteiger partial charge on any atom is -0.338 e. The lowest BCUT2D eigenvalue weighted by atomic mass is 10.1. The van der Waals surface area contributed by atoms with E-state index >= 15 is 0 Å². The fourth-order valence-electron chi connectivity index (χ4n) is 2.56. The number of hydrogen-bond donors (Lipinski definition) is 1. The fraction of sp³-hybridized carbons (Fsp3) is 0.375. The molecule has 122 valence electrons. The number of nitrogens with one attached hydrogen (secondary N) is 1. The summed E-state index contributed by atoms with van der Waals surface area (Å²) in [7, 11) is -3.27. The molecule has 6 nitrogen and oxygen atoms in total. The number of amides is 1. The molecule has 0 unspecified atom stereocenters. The Bertz CT molecular complexity index is 750. The summed E-state index contributed by atoms with van der Waals surface area (Å²) in [4.78, 5) is 13.9. The van der Waals surface area contributed by atoms with Crippen molar-refractivity contribution in [2.24, 2.45) is 0 Å². The average Bonchev–Trinajstić information content (AvgIpc) is 2.51. The quantitative estimate of drug-likeness (QED) is 0.836. The lowest BCUT2D eigenvalue weighted by Gasteiger charge is -2.32. The maximum Gasteiger partial charge on any atom is 0.246 e. The number of carbonyl (C=O) groups excluding carboxylic acids is 1. The van der Waals surface area contributed by atoms with Gasteiger partial charge in [-0.05, 0) is 36.6 Å². The molecule has 1 aliphatic heterocycles. The number of carbonyl (C=O) groups is 1. The second kappa shape index (κ2) is 7.40. The fourth-order valence-corrected chi connectivity index (χ4v) is 3.36. The topological polar surface area (TPSA) is 90.3 Å². The molecule has 1 N–H and O–H groups in total. The van der Waals surface area contributed by atoms with Gasteiger partial charge in [-0.2, -0.15) is 5.26 Å². The zero-order valence-corrected chi connectivity index (χ0v) is 13.7. The van der Waals surface area contributed by atoms with E-state index in [-0.39, 0.29) is 11.9 Å². The number of rotatable bonds is 4. The van der Waals surface area contributed by atoms with Gasteiger partial charge in [-0.3, -0.25) is 4.79 Å². The van der Waals surface area contributed by atoms with Crippen molar-refractivity contribution in [3.05, 3.63) is 41.5 Å². The van der Waals surface area contributed by atoms with Crippen LogP contribution in [-0.4, -0.2) is 44.6 Å². The molecule has 0 bridgehead atoms. The molecule has 0 aromatic heterocycles. The van der Waals surface area contributed by atoms with Crippen LogP contribution < -0.4 is 4.72 Å². The van der Waals surface area contributed by atoms with Crippen molar-refractivity contribution in [1.29, 1.82) is 5.26 Å². The highest BCUT2D eigenvalue weighted by Gasteiger charge is 2.24. The zero-order valence-electron chi connectivity index (χ0n) is 12.9. The molecule has 2 rings (SSSR count). The highest BCUT2D eigenvalue weighted by atomic mass is 32.2. The molecule has 1 aliphatic rings. The second-order valence-electron chi connectivity index (χ2n) is 5.58. The van der Waals surface area contributed by atoms with Crippen molar-refractivity contribution >= 4 is 22.0 Å². The third-order valence-electron chi connectivity index (χ3n) is 3.55. The molecule has 0 saturated carbocycles. The van der Waals surface area contributed by atoms with Crippen LogP contribution in [0, 0.1) is 11.3 Å². The van der Waals surface area contributed by atoms with Gasteiger partial charge >= 0.3 is 0 Å². The van der Waals surface area contributed by atoms with Gasteiger partial charge in [0.05, 0.1) is 17.9 Å². The van der Waals surface area contributed by atoms with E-state index in [1.165, 1.54) is 6.08 Å². The van der Waals surface area contributed by atoms with Gasteiger partial charge in [-0.25, -0.2) is 13.1 Å². The Morgan fingerprint density at radius 3 is 2.96 bits per heavy atom. The Kier molecular flexibility index (Phi) is 5.53. The average molecular weight is 333 g/mol. The van der Waals surface area contributed by atoms with Crippen LogP contribution >= 0.6 is 0 Å². The van der Waals surface area contributed by atoms with E-state index in [4.69, 9.17) is 5.26 Å². The SMILES string of the molecule is CS(=O)(=O)N[C@H]1CCCN(C(=O)/C=C\c2cccc(C#N)c2)C1. The van der Waals surface area contributed by atoms with E-state index in [0.717, 1.165) is 24.7 Å². The summed E-state index contributed by atoms with van der Waals surface area (Å²) in [5.41, 5.74) is 1.32. The van der Waals surface area contributed by atoms with Crippen LogP contribution in [0.5, 0.6) is 0 Å². The normalized spacial score (nSPS) is 18.8. The summed E-state index contributed by atoms with van der Waals surface area (Å²) < 4.78 is 25.1. The van der Waals surface area contributed by atoms with Gasteiger partial charge in [0, 0.05) is 25.2 Å². The monoisotopic (exact) mass is 333 g/mol. The molecular formula is C16H19N3O3S. The molecule has 1 heterocycles. The van der Waals surface area contributed by atoms with Crippen molar-refractivity contribution < 1.29 is 13.2 Å². The van der Waals surface area contributed by atoms with Crippen LogP contribution in [0.25, 0.3) is 6.08 Å². The van der Waals surface area contributed by atoms with Gasteiger partial charge < -0.3 is 4.90 Å². The summed E-state index contributed by atoms with van der Waals surface area (Å²) in [5.74, 6) is -0.160. The molecule has 1 aromatic carbocycles. The Balaban J connectivity index is 1.99. The number of sulfonamides is 1. The Hall–Kier alpha value is -2.17. The number of hydrogen-bond acceptors (Lipinski definition) is 4. The van der Waals surface area contributed by atoms with Crippen LogP contribution in [0.3, 0.4) is 0 Å². The third-order valence-corrected chi connectivity index (χ3v) is 4.31. The third kappa shape index (κ3) is 5.51. The minimum absolute atomic E-state index is 0.160. The number of nitrogens with zero attached hydrogens (tertiary/aromatic N) is 2. The molecule has 1 atom stereocenters. The first-order valence-electron chi connectivity index (χ1n) is 7.32. The maximum absolute atomic E-state index is 12.2. The van der Waals surface area contributed by atoms with E-state index in [0.29, 0.717) is 18.7 Å². The predicted octanol–water partition coefficient (Wildman–Crippen LogP) is 1.11. The summed E-state index contributed by atoms with van der Waals surface area (Å²) in [6.45, 7) is 0.984. The van der Waals surface area contributed by atoms with Crippen LogP contribution in [0.15, 0.2) is 30.3 Å². The first-order valence-corrected chi connectivity index (χ1v) is 9.21. The van der Waals surface area contributed by atoms with Gasteiger partial charge in [-0.1, -0.05) is 12.1 Å². The Morgan fingerprint density at radius 2 is 2.26 bits per heavy atom. The lowest BCUT2D eigenvalue weighted by Crippen LogP contribution is -2.48. The van der Waals surface area contributed by atoms with Crippen molar-refractivity contribution in [2.75, 3.05) is 19.3 Å². The van der Waals surface area contributed by atoms with E-state index in [9.17, 15) is 13.2 Å². The Morgan fingerprint density at radius 1 is 1.48 bits per heavy atom. The summed E-state index contributed by atoms with van der Waals surface area (Å²) in [6.07, 6.45) is 5.73. The molecule has 1 fully saturated rings. The van der Waals surface area contributed by atoms with Crippen LogP contribution in [-0.2, 0) is 14.8 Å². The van der Waals surface area contributed by atoms with Gasteiger partial charge in [0.2, 0.25) is 15.9 Å². The maximum atomic E-state index is 12.2. The first-order chi connectivity index (χ1) is 10.9. The van der Waals surface area contributed by atoms with Gasteiger partial charge in [-0.15, -0.1) is 0 Å². The lowest BCUT2D eigenvalue weighted by molar-refractivity contribution is -0.127. The van der Waals surface area contributed by atoms with Crippen molar-refractivity contribution in [2.45, 2.75) is 18.9 Å². The molecule has 1 aromatic rings. The molecule has 0 aliphatic carbocycles. The van der Waals surface area contributed by atoms with Gasteiger partial charge in [0.25, 0.3) is 0 Å².